The molecule has 0 spiro atoms. The largest absolute Gasteiger partial charge is 0.456 e. The van der Waals surface area contributed by atoms with Crippen molar-refractivity contribution in [3.63, 3.8) is 0 Å². The molecular weight excluding hydrogens is 801 g/mol. The first kappa shape index (κ1) is 37.9. The SMILES string of the molecule is C1=C(c2cccc(-c3nc(-c4ccccc4)c4ccc5ccccc5c4n3)c2)Cc2cccc(-c3ccc4c(c3)Oc3ccccc3C=C4c3ccccc3)c2-c2c1ccc1ccccc21. The Labute approximate surface area is 383 Å². The average molecular weight is 841 g/mol. The fourth-order valence-corrected chi connectivity index (χ4v) is 10.2. The molecule has 3 nitrogen and oxygen atoms in total. The first-order chi connectivity index (χ1) is 32.7. The summed E-state index contributed by atoms with van der Waals surface area (Å²) < 4.78 is 6.85. The maximum Gasteiger partial charge on any atom is 0.160 e. The minimum atomic E-state index is 0.709. The minimum Gasteiger partial charge on any atom is -0.456 e. The van der Waals surface area contributed by atoms with Gasteiger partial charge in [0.15, 0.2) is 5.82 Å². The molecule has 0 bridgehead atoms. The second-order valence-corrected chi connectivity index (χ2v) is 17.2. The van der Waals surface area contributed by atoms with Crippen LogP contribution >= 0.6 is 0 Å². The Morgan fingerprint density at radius 2 is 1.08 bits per heavy atom. The molecule has 1 aliphatic heterocycles. The van der Waals surface area contributed by atoms with Gasteiger partial charge in [-0.05, 0) is 115 Å². The van der Waals surface area contributed by atoms with Crippen LogP contribution in [0.25, 0.3) is 101 Å². The Kier molecular flexibility index (Phi) is 8.92. The van der Waals surface area contributed by atoms with Crippen LogP contribution in [-0.2, 0) is 6.42 Å². The fraction of sp³-hybridized carbons (Fsp3) is 0.0159. The Morgan fingerprint density at radius 1 is 0.379 bits per heavy atom. The number of hydrogen-bond donors (Lipinski definition) is 0. The van der Waals surface area contributed by atoms with Gasteiger partial charge < -0.3 is 4.74 Å². The predicted octanol–water partition coefficient (Wildman–Crippen LogP) is 16.4. The summed E-state index contributed by atoms with van der Waals surface area (Å²) in [7, 11) is 0. The zero-order valence-corrected chi connectivity index (χ0v) is 35.9. The first-order valence-electron chi connectivity index (χ1n) is 22.6. The van der Waals surface area contributed by atoms with Gasteiger partial charge in [0.25, 0.3) is 0 Å². The highest BCUT2D eigenvalue weighted by Crippen LogP contribution is 2.48. The van der Waals surface area contributed by atoms with E-state index < -0.39 is 0 Å². The lowest BCUT2D eigenvalue weighted by atomic mass is 9.85. The van der Waals surface area contributed by atoms with Crippen molar-refractivity contribution in [3.05, 3.63) is 252 Å². The van der Waals surface area contributed by atoms with Gasteiger partial charge in [-0.2, -0.15) is 0 Å². The van der Waals surface area contributed by atoms with E-state index in [-0.39, 0.29) is 0 Å². The van der Waals surface area contributed by atoms with E-state index in [1.807, 2.05) is 6.07 Å². The zero-order chi connectivity index (χ0) is 43.6. The molecule has 0 saturated heterocycles. The van der Waals surface area contributed by atoms with E-state index >= 15 is 0 Å². The minimum absolute atomic E-state index is 0.709. The van der Waals surface area contributed by atoms with Crippen LogP contribution in [-0.4, -0.2) is 9.97 Å². The number of nitrogens with zero attached hydrogens (tertiary/aromatic N) is 2. The van der Waals surface area contributed by atoms with Crippen LogP contribution in [0.4, 0.5) is 0 Å². The van der Waals surface area contributed by atoms with Crippen molar-refractivity contribution in [1.29, 1.82) is 0 Å². The van der Waals surface area contributed by atoms with Crippen molar-refractivity contribution in [2.45, 2.75) is 6.42 Å². The molecule has 0 fully saturated rings. The highest BCUT2D eigenvalue weighted by Gasteiger charge is 2.25. The smallest absolute Gasteiger partial charge is 0.160 e. The van der Waals surface area contributed by atoms with Crippen LogP contribution in [0.2, 0.25) is 0 Å². The van der Waals surface area contributed by atoms with Gasteiger partial charge in [0.1, 0.15) is 11.5 Å². The summed E-state index contributed by atoms with van der Waals surface area (Å²) >= 11 is 0. The van der Waals surface area contributed by atoms with Crippen molar-refractivity contribution >= 4 is 55.7 Å². The molecule has 0 N–H and O–H groups in total. The summed E-state index contributed by atoms with van der Waals surface area (Å²) in [5.41, 5.74) is 18.0. The fourth-order valence-electron chi connectivity index (χ4n) is 10.2. The van der Waals surface area contributed by atoms with Crippen molar-refractivity contribution < 1.29 is 4.74 Å². The van der Waals surface area contributed by atoms with Gasteiger partial charge in [-0.25, -0.2) is 9.97 Å². The van der Waals surface area contributed by atoms with Gasteiger partial charge in [-0.15, -0.1) is 0 Å². The average Bonchev–Trinajstić information content (AvgIpc) is 3.67. The first-order valence-corrected chi connectivity index (χ1v) is 22.6. The molecule has 0 unspecified atom stereocenters. The Morgan fingerprint density at radius 3 is 1.94 bits per heavy atom. The number of rotatable bonds is 5. The van der Waals surface area contributed by atoms with E-state index in [1.54, 1.807) is 0 Å². The van der Waals surface area contributed by atoms with E-state index in [1.165, 1.54) is 44.2 Å². The molecule has 2 aliphatic rings. The summed E-state index contributed by atoms with van der Waals surface area (Å²) in [6.07, 6.45) is 5.40. The summed E-state index contributed by atoms with van der Waals surface area (Å²) in [4.78, 5) is 10.7. The van der Waals surface area contributed by atoms with Crippen molar-refractivity contribution in [1.82, 2.24) is 9.97 Å². The van der Waals surface area contributed by atoms with Crippen LogP contribution in [0.1, 0.15) is 33.4 Å². The second kappa shape index (κ2) is 15.5. The molecule has 3 heteroatoms. The Balaban J connectivity index is 0.969. The molecule has 1 aromatic heterocycles. The van der Waals surface area contributed by atoms with Crippen LogP contribution in [0, 0.1) is 0 Å². The number of aromatic nitrogens is 2. The number of allylic oxidation sites excluding steroid dienone is 1. The third-order valence-corrected chi connectivity index (χ3v) is 13.3. The zero-order valence-electron chi connectivity index (χ0n) is 35.9. The topological polar surface area (TPSA) is 35.0 Å². The van der Waals surface area contributed by atoms with Crippen LogP contribution in [0.15, 0.2) is 218 Å². The second-order valence-electron chi connectivity index (χ2n) is 17.2. The predicted molar refractivity (Wildman–Crippen MR) is 274 cm³/mol. The van der Waals surface area contributed by atoms with E-state index in [0.717, 1.165) is 89.8 Å². The summed E-state index contributed by atoms with van der Waals surface area (Å²) in [5.74, 6) is 2.40. The Bertz CT molecular complexity index is 3810. The van der Waals surface area contributed by atoms with Crippen molar-refractivity contribution in [2.24, 2.45) is 0 Å². The molecule has 66 heavy (non-hydrogen) atoms. The summed E-state index contributed by atoms with van der Waals surface area (Å²) in [5, 5.41) is 5.77. The molecular formula is C63H40N2O. The number of para-hydroxylation sites is 1. The highest BCUT2D eigenvalue weighted by atomic mass is 16.5. The molecule has 11 aromatic rings. The van der Waals surface area contributed by atoms with Gasteiger partial charge in [0.05, 0.1) is 11.2 Å². The molecule has 0 radical (unpaired) electrons. The van der Waals surface area contributed by atoms with E-state index in [2.05, 4.69) is 224 Å². The van der Waals surface area contributed by atoms with Crippen molar-refractivity contribution in [2.75, 3.05) is 0 Å². The van der Waals surface area contributed by atoms with Crippen LogP contribution < -0.4 is 4.74 Å². The van der Waals surface area contributed by atoms with Gasteiger partial charge in [0.2, 0.25) is 0 Å². The lowest BCUT2D eigenvalue weighted by Gasteiger charge is -2.19. The lowest BCUT2D eigenvalue weighted by Crippen LogP contribution is -1.98. The van der Waals surface area contributed by atoms with E-state index in [4.69, 9.17) is 14.7 Å². The highest BCUT2D eigenvalue weighted by molar-refractivity contribution is 6.11. The number of fused-ring (bicyclic) bond motifs is 10. The number of hydrogen-bond acceptors (Lipinski definition) is 3. The van der Waals surface area contributed by atoms with Gasteiger partial charge in [0, 0.05) is 33.0 Å². The maximum atomic E-state index is 6.85. The molecule has 0 atom stereocenters. The molecule has 1 aliphatic carbocycles. The monoisotopic (exact) mass is 840 g/mol. The van der Waals surface area contributed by atoms with Crippen LogP contribution in [0.5, 0.6) is 11.5 Å². The summed E-state index contributed by atoms with van der Waals surface area (Å²) in [6.45, 7) is 0. The maximum absolute atomic E-state index is 6.85. The van der Waals surface area contributed by atoms with E-state index in [9.17, 15) is 0 Å². The molecule has 13 rings (SSSR count). The molecule has 0 saturated carbocycles. The third-order valence-electron chi connectivity index (χ3n) is 13.3. The van der Waals surface area contributed by atoms with Gasteiger partial charge in [-0.1, -0.05) is 194 Å². The quantitative estimate of drug-likeness (QED) is 0.162. The van der Waals surface area contributed by atoms with Gasteiger partial charge in [-0.3, -0.25) is 0 Å². The number of ether oxygens (including phenoxy) is 1. The molecule has 10 aromatic carbocycles. The van der Waals surface area contributed by atoms with Crippen LogP contribution in [0.3, 0.4) is 0 Å². The van der Waals surface area contributed by atoms with Crippen molar-refractivity contribution in [3.8, 4) is 56.4 Å². The standard InChI is InChI=1S/C63H40N2O/c1-3-15-40(16-4-1)56-38-46-21-9-12-28-57(46)66-58-39-45(32-33-54(56)58)52-27-14-23-47-36-50(37-48-30-29-41-17-7-10-25-51(41)60(48)59(47)52)44-22-13-24-49(35-44)63-64-61(43-19-5-2-6-20-43)55-34-31-42-18-8-11-26-53(42)62(55)65-63/h1-35,37-39H,36H2. The Hall–Kier alpha value is -8.66. The normalized spacial score (nSPS) is 12.8. The van der Waals surface area contributed by atoms with E-state index in [0.29, 0.717) is 5.82 Å². The molecule has 2 heterocycles. The third kappa shape index (κ3) is 6.44. The van der Waals surface area contributed by atoms with Gasteiger partial charge >= 0.3 is 0 Å². The lowest BCUT2D eigenvalue weighted by molar-refractivity contribution is 0.481. The number of benzene rings is 10. The molecule has 0 amide bonds. The summed E-state index contributed by atoms with van der Waals surface area (Å²) in [6, 6.07) is 77.9. The molecule has 308 valence electrons.